The first-order chi connectivity index (χ1) is 9.47. The van der Waals surface area contributed by atoms with Crippen molar-refractivity contribution in [2.45, 2.75) is 19.9 Å². The summed E-state index contributed by atoms with van der Waals surface area (Å²) in [4.78, 5) is 12.3. The van der Waals surface area contributed by atoms with E-state index in [2.05, 4.69) is 0 Å². The number of hydrogen-bond donors (Lipinski definition) is 2. The predicted molar refractivity (Wildman–Crippen MR) is 72.6 cm³/mol. The predicted octanol–water partition coefficient (Wildman–Crippen LogP) is 0.412. The highest BCUT2D eigenvalue weighted by molar-refractivity contribution is 5.77. The van der Waals surface area contributed by atoms with Gasteiger partial charge in [0.05, 0.1) is 4.43 Å². The smallest absolute Gasteiger partial charge is 0.349 e. The second kappa shape index (κ2) is 5.30. The molecule has 2 rings (SSSR count). The van der Waals surface area contributed by atoms with E-state index in [1.54, 1.807) is 24.3 Å². The van der Waals surface area contributed by atoms with Crippen molar-refractivity contribution in [3.8, 4) is 0 Å². The van der Waals surface area contributed by atoms with Crippen LogP contribution in [0, 0.1) is 17.0 Å². The summed E-state index contributed by atoms with van der Waals surface area (Å²) >= 11 is 0. The van der Waals surface area contributed by atoms with Crippen LogP contribution in [0.2, 0.25) is 0 Å². The van der Waals surface area contributed by atoms with Gasteiger partial charge in [-0.3, -0.25) is 0 Å². The van der Waals surface area contributed by atoms with Crippen LogP contribution in [-0.4, -0.2) is 38.6 Å². The number of hydrogen-bond acceptors (Lipinski definition) is 4. The van der Waals surface area contributed by atoms with E-state index in [0.29, 0.717) is 14.7 Å². The number of aromatic nitrogens is 2. The van der Waals surface area contributed by atoms with Gasteiger partial charge in [-0.2, -0.15) is 4.73 Å². The van der Waals surface area contributed by atoms with E-state index in [1.807, 2.05) is 0 Å². The maximum absolute atomic E-state index is 12.3. The maximum Gasteiger partial charge on any atom is 0.349 e. The number of aliphatic hydroxyl groups excluding tert-OH is 1. The lowest BCUT2D eigenvalue weighted by molar-refractivity contribution is -0.508. The van der Waals surface area contributed by atoms with Gasteiger partial charge in [-0.1, -0.05) is 12.1 Å². The van der Waals surface area contributed by atoms with Gasteiger partial charge >= 0.3 is 5.69 Å². The standard InChI is InChI=1S/C13H16N3O4/c1-9(8-17)14(18)7-13-10(2)15(19)11-5-3-4-6-12(11)16(13)20/h3-7,9,17,19H,8H2,1-2H3/q+1/t9-/m0/s1. The minimum atomic E-state index is -0.673. The number of nitrogens with zero attached hydrogens (tertiary/aromatic N) is 3. The highest BCUT2D eigenvalue weighted by Gasteiger charge is 2.24. The fourth-order valence-corrected chi connectivity index (χ4v) is 1.86. The molecule has 1 aromatic heterocycles. The maximum atomic E-state index is 12.3. The Labute approximate surface area is 114 Å². The molecule has 2 N–H and O–H groups in total. The molecule has 20 heavy (non-hydrogen) atoms. The summed E-state index contributed by atoms with van der Waals surface area (Å²) in [6.07, 6.45) is 1.07. The molecule has 0 saturated carbocycles. The zero-order valence-corrected chi connectivity index (χ0v) is 11.2. The fraction of sp³-hybridized carbons (Fsp3) is 0.308. The lowest BCUT2D eigenvalue weighted by Gasteiger charge is -2.09. The molecule has 0 unspecified atom stereocenters. The molecule has 0 saturated heterocycles. The second-order valence-corrected chi connectivity index (χ2v) is 4.59. The summed E-state index contributed by atoms with van der Waals surface area (Å²) in [6.45, 7) is 2.73. The quantitative estimate of drug-likeness (QED) is 0.279. The van der Waals surface area contributed by atoms with Crippen LogP contribution in [0.4, 0.5) is 0 Å². The molecule has 1 aromatic carbocycles. The third-order valence-electron chi connectivity index (χ3n) is 3.18. The van der Waals surface area contributed by atoms with Crippen LogP contribution >= 0.6 is 0 Å². The Morgan fingerprint density at radius 3 is 2.80 bits per heavy atom. The van der Waals surface area contributed by atoms with Crippen molar-refractivity contribution < 1.29 is 19.5 Å². The van der Waals surface area contributed by atoms with Crippen molar-refractivity contribution in [3.05, 3.63) is 45.8 Å². The third kappa shape index (κ3) is 2.23. The van der Waals surface area contributed by atoms with Crippen molar-refractivity contribution in [1.29, 1.82) is 0 Å². The molecule has 0 fully saturated rings. The minimum absolute atomic E-state index is 0.0292. The summed E-state index contributed by atoms with van der Waals surface area (Å²) in [5.74, 6) is 0. The monoisotopic (exact) mass is 278 g/mol. The number of para-hydroxylation sites is 2. The van der Waals surface area contributed by atoms with Gasteiger partial charge in [0, 0.05) is 17.9 Å². The summed E-state index contributed by atoms with van der Waals surface area (Å²) in [7, 11) is 0. The van der Waals surface area contributed by atoms with Crippen LogP contribution < -0.4 is 4.43 Å². The van der Waals surface area contributed by atoms with Crippen molar-refractivity contribution >= 4 is 17.2 Å². The lowest BCUT2D eigenvalue weighted by atomic mass is 10.2. The third-order valence-corrected chi connectivity index (χ3v) is 3.18. The highest BCUT2D eigenvalue weighted by Crippen LogP contribution is 2.11. The molecule has 2 aromatic rings. The normalized spacial score (nSPS) is 13.7. The molecule has 7 heteroatoms. The van der Waals surface area contributed by atoms with Crippen LogP contribution in [0.1, 0.15) is 18.3 Å². The first-order valence-corrected chi connectivity index (χ1v) is 6.14. The van der Waals surface area contributed by atoms with E-state index in [0.717, 1.165) is 10.9 Å². The van der Waals surface area contributed by atoms with Crippen molar-refractivity contribution in [1.82, 2.24) is 4.73 Å². The molecule has 0 aliphatic rings. The van der Waals surface area contributed by atoms with Crippen LogP contribution in [-0.2, 0) is 0 Å². The average Bonchev–Trinajstić information content (AvgIpc) is 2.48. The minimum Gasteiger partial charge on any atom is -0.623 e. The molecule has 0 aliphatic carbocycles. The first kappa shape index (κ1) is 14.0. The largest absolute Gasteiger partial charge is 0.623 e. The summed E-state index contributed by atoms with van der Waals surface area (Å²) in [5, 5.41) is 30.7. The Hall–Kier alpha value is -2.41. The Bertz CT molecular complexity index is 736. The molecule has 7 nitrogen and oxygen atoms in total. The number of rotatable bonds is 3. The van der Waals surface area contributed by atoms with Crippen LogP contribution in [0.3, 0.4) is 0 Å². The number of fused-ring (bicyclic) bond motifs is 1. The number of hydroxylamine groups is 1. The molecule has 0 bridgehead atoms. The van der Waals surface area contributed by atoms with E-state index in [4.69, 9.17) is 5.11 Å². The topological polar surface area (TPSA) is 94.4 Å². The molecular formula is C13H16N3O4+. The van der Waals surface area contributed by atoms with Gasteiger partial charge in [-0.15, -0.1) is 0 Å². The van der Waals surface area contributed by atoms with Crippen molar-refractivity contribution in [2.24, 2.45) is 0 Å². The van der Waals surface area contributed by atoms with E-state index < -0.39 is 6.04 Å². The fourth-order valence-electron chi connectivity index (χ4n) is 1.86. The summed E-state index contributed by atoms with van der Waals surface area (Å²) in [5.41, 5.74) is 0.868. The van der Waals surface area contributed by atoms with Crippen LogP contribution in [0.25, 0.3) is 11.0 Å². The molecule has 0 aliphatic heterocycles. The Kier molecular flexibility index (Phi) is 3.71. The molecular weight excluding hydrogens is 262 g/mol. The molecule has 106 valence electrons. The molecule has 0 radical (unpaired) electrons. The van der Waals surface area contributed by atoms with E-state index in [9.17, 15) is 15.3 Å². The zero-order valence-electron chi connectivity index (χ0n) is 11.2. The van der Waals surface area contributed by atoms with Crippen molar-refractivity contribution in [2.75, 3.05) is 6.61 Å². The average molecular weight is 278 g/mol. The van der Waals surface area contributed by atoms with Gasteiger partial charge in [-0.05, 0) is 13.0 Å². The van der Waals surface area contributed by atoms with E-state index in [1.165, 1.54) is 13.8 Å². The van der Waals surface area contributed by atoms with E-state index >= 15 is 0 Å². The second-order valence-electron chi connectivity index (χ2n) is 4.59. The van der Waals surface area contributed by atoms with Crippen LogP contribution in [0.5, 0.6) is 0 Å². The first-order valence-electron chi connectivity index (χ1n) is 6.14. The van der Waals surface area contributed by atoms with Gasteiger partial charge in [-0.25, -0.2) is 4.74 Å². The van der Waals surface area contributed by atoms with Gasteiger partial charge < -0.3 is 15.5 Å². The van der Waals surface area contributed by atoms with Gasteiger partial charge in [0.15, 0.2) is 11.6 Å². The molecule has 0 amide bonds. The number of aliphatic hydroxyl groups is 1. The number of benzene rings is 1. The molecule has 0 spiro atoms. The summed E-state index contributed by atoms with van der Waals surface area (Å²) in [6, 6.07) is 5.85. The van der Waals surface area contributed by atoms with E-state index in [-0.39, 0.29) is 23.5 Å². The molecule has 1 atom stereocenters. The Morgan fingerprint density at radius 2 is 2.15 bits per heavy atom. The highest BCUT2D eigenvalue weighted by atomic mass is 16.5. The van der Waals surface area contributed by atoms with Crippen LogP contribution in [0.15, 0.2) is 24.3 Å². The Balaban J connectivity index is 2.75. The van der Waals surface area contributed by atoms with Gasteiger partial charge in [0.2, 0.25) is 0 Å². The summed E-state index contributed by atoms with van der Waals surface area (Å²) < 4.78 is 1.95. The molecule has 1 heterocycles. The SMILES string of the molecule is Cc1c(C=[N+]([O-])[C@@H](C)CO)[n+](=O)c2ccccc2n1O. The van der Waals surface area contributed by atoms with Gasteiger partial charge in [0.25, 0.3) is 11.7 Å². The Morgan fingerprint density at radius 1 is 1.50 bits per heavy atom. The van der Waals surface area contributed by atoms with Crippen molar-refractivity contribution in [3.63, 3.8) is 0 Å². The van der Waals surface area contributed by atoms with Gasteiger partial charge in [0.1, 0.15) is 12.3 Å². The zero-order chi connectivity index (χ0) is 14.9. The lowest BCUT2D eigenvalue weighted by Crippen LogP contribution is -2.31.